The van der Waals surface area contributed by atoms with Crippen molar-refractivity contribution >= 4 is 35.6 Å². The lowest BCUT2D eigenvalue weighted by Gasteiger charge is -2.24. The SMILES string of the molecule is CC(C)C[C@H](NC(=O)[C@H](CC(=O)O)NC(=O)[C@H](CCC(=O)O)NC(=O)[C@@H](N)Cc1ccc(O)cc1)C(=O)O. The molecule has 14 nitrogen and oxygen atoms in total. The zero-order valence-electron chi connectivity index (χ0n) is 21.0. The second kappa shape index (κ2) is 15.1. The minimum Gasteiger partial charge on any atom is -0.508 e. The fraction of sp³-hybridized carbons (Fsp3) is 0.500. The molecular formula is C24H34N4O10. The van der Waals surface area contributed by atoms with Gasteiger partial charge in [-0.3, -0.25) is 24.0 Å². The van der Waals surface area contributed by atoms with Gasteiger partial charge in [0.05, 0.1) is 12.5 Å². The Morgan fingerprint density at radius 2 is 1.32 bits per heavy atom. The van der Waals surface area contributed by atoms with Crippen LogP contribution in [0.15, 0.2) is 24.3 Å². The molecule has 0 saturated carbocycles. The number of carboxylic acid groups (broad SMARTS) is 3. The Morgan fingerprint density at radius 1 is 0.789 bits per heavy atom. The minimum absolute atomic E-state index is 0.0102. The van der Waals surface area contributed by atoms with E-state index in [1.54, 1.807) is 13.8 Å². The zero-order chi connectivity index (χ0) is 29.0. The van der Waals surface area contributed by atoms with Gasteiger partial charge in [-0.2, -0.15) is 0 Å². The number of carbonyl (C=O) groups excluding carboxylic acids is 3. The maximum Gasteiger partial charge on any atom is 0.326 e. The number of hydrogen-bond donors (Lipinski definition) is 8. The van der Waals surface area contributed by atoms with Crippen LogP contribution in [-0.4, -0.2) is 80.2 Å². The molecule has 3 amide bonds. The van der Waals surface area contributed by atoms with Gasteiger partial charge in [-0.1, -0.05) is 26.0 Å². The normalized spacial score (nSPS) is 14.0. The van der Waals surface area contributed by atoms with Gasteiger partial charge in [-0.25, -0.2) is 4.79 Å². The molecule has 38 heavy (non-hydrogen) atoms. The Hall–Kier alpha value is -4.20. The molecule has 0 aliphatic carbocycles. The summed E-state index contributed by atoms with van der Waals surface area (Å²) in [5.41, 5.74) is 6.51. The molecule has 0 bridgehead atoms. The van der Waals surface area contributed by atoms with Crippen LogP contribution < -0.4 is 21.7 Å². The molecule has 1 aromatic rings. The van der Waals surface area contributed by atoms with E-state index in [0.29, 0.717) is 5.56 Å². The van der Waals surface area contributed by atoms with Crippen LogP contribution in [0.1, 0.15) is 45.1 Å². The lowest BCUT2D eigenvalue weighted by atomic mass is 10.0. The predicted octanol–water partition coefficient (Wildman–Crippen LogP) is -0.813. The van der Waals surface area contributed by atoms with Crippen LogP contribution >= 0.6 is 0 Å². The van der Waals surface area contributed by atoms with Gasteiger partial charge in [0.25, 0.3) is 0 Å². The average molecular weight is 539 g/mol. The van der Waals surface area contributed by atoms with Gasteiger partial charge in [-0.15, -0.1) is 0 Å². The highest BCUT2D eigenvalue weighted by molar-refractivity contribution is 5.95. The standard InChI is InChI=1S/C24H34N4O10/c1-12(2)9-18(24(37)38)28-23(36)17(11-20(32)33)27-22(35)16(7-8-19(30)31)26-21(34)15(25)10-13-3-5-14(29)6-4-13/h3-6,12,15-18,29H,7-11,25H2,1-2H3,(H,26,34)(H,27,35)(H,28,36)(H,30,31)(H,32,33)(H,37,38)/t15-,16-,17-,18-/m0/s1. The number of carboxylic acids is 3. The van der Waals surface area contributed by atoms with Crippen LogP contribution in [0.3, 0.4) is 0 Å². The molecule has 0 spiro atoms. The van der Waals surface area contributed by atoms with E-state index in [-0.39, 0.29) is 24.5 Å². The third-order valence-electron chi connectivity index (χ3n) is 5.34. The van der Waals surface area contributed by atoms with Gasteiger partial charge in [-0.05, 0) is 42.9 Å². The summed E-state index contributed by atoms with van der Waals surface area (Å²) >= 11 is 0. The summed E-state index contributed by atoms with van der Waals surface area (Å²) in [5, 5.41) is 43.6. The summed E-state index contributed by atoms with van der Waals surface area (Å²) in [4.78, 5) is 72.1. The minimum atomic E-state index is -1.70. The smallest absolute Gasteiger partial charge is 0.326 e. The predicted molar refractivity (Wildman–Crippen MR) is 132 cm³/mol. The van der Waals surface area contributed by atoms with Crippen molar-refractivity contribution in [3.63, 3.8) is 0 Å². The summed E-state index contributed by atoms with van der Waals surface area (Å²) in [7, 11) is 0. The Balaban J connectivity index is 3.01. The van der Waals surface area contributed by atoms with E-state index < -0.39 is 79.1 Å². The molecule has 0 aliphatic heterocycles. The van der Waals surface area contributed by atoms with Gasteiger partial charge in [0.15, 0.2) is 0 Å². The highest BCUT2D eigenvalue weighted by Crippen LogP contribution is 2.11. The summed E-state index contributed by atoms with van der Waals surface area (Å²) in [6, 6.07) is 0.176. The highest BCUT2D eigenvalue weighted by Gasteiger charge is 2.32. The summed E-state index contributed by atoms with van der Waals surface area (Å²) in [5.74, 6) is -7.13. The first-order valence-electron chi connectivity index (χ1n) is 11.8. The summed E-state index contributed by atoms with van der Waals surface area (Å²) in [6.07, 6.45) is -1.77. The molecule has 14 heteroatoms. The Kier molecular flexibility index (Phi) is 12.7. The monoisotopic (exact) mass is 538 g/mol. The first-order valence-corrected chi connectivity index (χ1v) is 11.8. The molecule has 0 saturated heterocycles. The molecule has 210 valence electrons. The van der Waals surface area contributed by atoms with Crippen LogP contribution in [-0.2, 0) is 35.2 Å². The van der Waals surface area contributed by atoms with Gasteiger partial charge in [0.2, 0.25) is 17.7 Å². The fourth-order valence-corrected chi connectivity index (χ4v) is 3.42. The van der Waals surface area contributed by atoms with Crippen molar-refractivity contribution in [3.05, 3.63) is 29.8 Å². The van der Waals surface area contributed by atoms with E-state index in [1.807, 2.05) is 0 Å². The molecular weight excluding hydrogens is 504 g/mol. The molecule has 9 N–H and O–H groups in total. The number of hydrogen-bond acceptors (Lipinski definition) is 8. The van der Waals surface area contributed by atoms with E-state index in [9.17, 15) is 44.1 Å². The van der Waals surface area contributed by atoms with Crippen molar-refractivity contribution in [2.24, 2.45) is 11.7 Å². The number of amides is 3. The number of aromatic hydroxyl groups is 1. The van der Waals surface area contributed by atoms with Gasteiger partial charge >= 0.3 is 17.9 Å². The number of benzene rings is 1. The van der Waals surface area contributed by atoms with Crippen LogP contribution in [0.5, 0.6) is 5.75 Å². The van der Waals surface area contributed by atoms with E-state index in [1.165, 1.54) is 24.3 Å². The van der Waals surface area contributed by atoms with Crippen molar-refractivity contribution in [3.8, 4) is 5.75 Å². The van der Waals surface area contributed by atoms with E-state index >= 15 is 0 Å². The lowest BCUT2D eigenvalue weighted by Crippen LogP contribution is -2.57. The number of nitrogens with two attached hydrogens (primary N) is 1. The third kappa shape index (κ3) is 11.7. The van der Waals surface area contributed by atoms with Gasteiger partial charge in [0, 0.05) is 6.42 Å². The zero-order valence-corrected chi connectivity index (χ0v) is 21.0. The third-order valence-corrected chi connectivity index (χ3v) is 5.34. The fourth-order valence-electron chi connectivity index (χ4n) is 3.42. The second-order valence-corrected chi connectivity index (χ2v) is 9.16. The van der Waals surface area contributed by atoms with Crippen LogP contribution in [0.2, 0.25) is 0 Å². The number of nitrogens with one attached hydrogen (secondary N) is 3. The molecule has 0 fully saturated rings. The lowest BCUT2D eigenvalue weighted by molar-refractivity contribution is -0.144. The largest absolute Gasteiger partial charge is 0.508 e. The molecule has 0 aliphatic rings. The number of carbonyl (C=O) groups is 6. The second-order valence-electron chi connectivity index (χ2n) is 9.16. The number of rotatable bonds is 16. The van der Waals surface area contributed by atoms with Gasteiger partial charge in [0.1, 0.15) is 23.9 Å². The van der Waals surface area contributed by atoms with Crippen molar-refractivity contribution in [1.29, 1.82) is 0 Å². The molecule has 1 rings (SSSR count). The molecule has 0 aromatic heterocycles. The number of phenolic OH excluding ortho intramolecular Hbond substituents is 1. The first-order chi connectivity index (χ1) is 17.7. The van der Waals surface area contributed by atoms with Crippen LogP contribution in [0, 0.1) is 5.92 Å². The molecule has 0 heterocycles. The average Bonchev–Trinajstić information content (AvgIpc) is 2.81. The molecule has 1 aromatic carbocycles. The number of phenols is 1. The van der Waals surface area contributed by atoms with E-state index in [2.05, 4.69) is 16.0 Å². The Labute approximate surface area is 218 Å². The summed E-state index contributed by atoms with van der Waals surface area (Å²) in [6.45, 7) is 3.45. The van der Waals surface area contributed by atoms with Crippen molar-refractivity contribution in [1.82, 2.24) is 16.0 Å². The van der Waals surface area contributed by atoms with E-state index in [4.69, 9.17) is 10.8 Å². The van der Waals surface area contributed by atoms with Crippen LogP contribution in [0.25, 0.3) is 0 Å². The highest BCUT2D eigenvalue weighted by atomic mass is 16.4. The Bertz CT molecular complexity index is 1010. The van der Waals surface area contributed by atoms with Crippen molar-refractivity contribution < 1.29 is 49.2 Å². The van der Waals surface area contributed by atoms with Crippen LogP contribution in [0.4, 0.5) is 0 Å². The summed E-state index contributed by atoms with van der Waals surface area (Å²) < 4.78 is 0. The Morgan fingerprint density at radius 3 is 1.82 bits per heavy atom. The molecule has 0 radical (unpaired) electrons. The molecule has 4 atom stereocenters. The van der Waals surface area contributed by atoms with E-state index in [0.717, 1.165) is 0 Å². The maximum absolute atomic E-state index is 12.9. The van der Waals surface area contributed by atoms with Gasteiger partial charge < -0.3 is 42.1 Å². The van der Waals surface area contributed by atoms with Crippen molar-refractivity contribution in [2.45, 2.75) is 70.1 Å². The topological polar surface area (TPSA) is 245 Å². The van der Waals surface area contributed by atoms with Crippen molar-refractivity contribution in [2.75, 3.05) is 0 Å². The quantitative estimate of drug-likeness (QED) is 0.129. The molecule has 0 unspecified atom stereocenters. The number of aliphatic carboxylic acids is 3. The maximum atomic E-state index is 12.9. The first kappa shape index (κ1) is 31.8.